The van der Waals surface area contributed by atoms with Gasteiger partial charge in [-0.15, -0.1) is 0 Å². The molecule has 1 aromatic rings. The lowest BCUT2D eigenvalue weighted by molar-refractivity contribution is -0.141. The zero-order chi connectivity index (χ0) is 17.0. The zero-order valence-corrected chi connectivity index (χ0v) is 14.5. The van der Waals surface area contributed by atoms with Crippen LogP contribution in [0.25, 0.3) is 0 Å². The van der Waals surface area contributed by atoms with Gasteiger partial charge in [0.1, 0.15) is 6.61 Å². The number of piperidine rings is 1. The predicted molar refractivity (Wildman–Crippen MR) is 91.0 cm³/mol. The lowest BCUT2D eigenvalue weighted by atomic mass is 9.84. The van der Waals surface area contributed by atoms with Crippen molar-refractivity contribution >= 4 is 17.5 Å². The average Bonchev–Trinajstić information content (AvgIpc) is 3.09. The van der Waals surface area contributed by atoms with Gasteiger partial charge in [-0.1, -0.05) is 23.7 Å². The maximum Gasteiger partial charge on any atom is 0.248 e. The highest BCUT2D eigenvalue weighted by Gasteiger charge is 2.35. The van der Waals surface area contributed by atoms with E-state index in [-0.39, 0.29) is 18.6 Å². The first-order valence-corrected chi connectivity index (χ1v) is 8.90. The molecule has 5 nitrogen and oxygen atoms in total. The van der Waals surface area contributed by atoms with E-state index in [4.69, 9.17) is 21.1 Å². The Morgan fingerprint density at radius 3 is 2.67 bits per heavy atom. The first-order chi connectivity index (χ1) is 11.6. The number of hydrogen-bond acceptors (Lipinski definition) is 4. The van der Waals surface area contributed by atoms with Crippen molar-refractivity contribution in [2.24, 2.45) is 0 Å². The van der Waals surface area contributed by atoms with Crippen LogP contribution in [0.4, 0.5) is 0 Å². The van der Waals surface area contributed by atoms with Crippen LogP contribution in [0.15, 0.2) is 24.3 Å². The van der Waals surface area contributed by atoms with Crippen molar-refractivity contribution in [2.45, 2.75) is 37.4 Å². The third kappa shape index (κ3) is 4.28. The number of rotatable bonds is 5. The number of hydrogen-bond donors (Lipinski definition) is 1. The van der Waals surface area contributed by atoms with E-state index < -0.39 is 5.60 Å². The van der Waals surface area contributed by atoms with Gasteiger partial charge < -0.3 is 19.5 Å². The van der Waals surface area contributed by atoms with Crippen LogP contribution in [0, 0.1) is 0 Å². The fraction of sp³-hybridized carbons (Fsp3) is 0.611. The van der Waals surface area contributed by atoms with E-state index in [9.17, 15) is 9.90 Å². The third-order valence-electron chi connectivity index (χ3n) is 4.88. The summed E-state index contributed by atoms with van der Waals surface area (Å²) >= 11 is 5.90. The number of halogens is 1. The van der Waals surface area contributed by atoms with Crippen molar-refractivity contribution in [1.82, 2.24) is 4.90 Å². The molecule has 0 aliphatic carbocycles. The Balaban J connectivity index is 1.45. The number of carbonyl (C=O) groups is 1. The molecule has 6 heteroatoms. The highest BCUT2D eigenvalue weighted by Crippen LogP contribution is 2.33. The lowest BCUT2D eigenvalue weighted by Gasteiger charge is -2.38. The summed E-state index contributed by atoms with van der Waals surface area (Å²) in [5, 5.41) is 11.5. The minimum Gasteiger partial charge on any atom is -0.385 e. The number of likely N-dealkylation sites (tertiary alicyclic amines) is 1. The van der Waals surface area contributed by atoms with Crippen molar-refractivity contribution in [1.29, 1.82) is 0 Å². The number of benzene rings is 1. The van der Waals surface area contributed by atoms with Crippen LogP contribution in [0.1, 0.15) is 31.2 Å². The van der Waals surface area contributed by atoms with Gasteiger partial charge in [-0.3, -0.25) is 4.79 Å². The number of carbonyl (C=O) groups excluding carboxylic acids is 1. The zero-order valence-electron chi connectivity index (χ0n) is 13.7. The minimum absolute atomic E-state index is 0.0221. The molecule has 2 aliphatic rings. The Morgan fingerprint density at radius 1 is 1.33 bits per heavy atom. The summed E-state index contributed by atoms with van der Waals surface area (Å²) in [6, 6.07) is 7.27. The average molecular weight is 354 g/mol. The summed E-state index contributed by atoms with van der Waals surface area (Å²) in [5.41, 5.74) is -0.0338. The Labute approximate surface area is 147 Å². The van der Waals surface area contributed by atoms with E-state index in [1.54, 1.807) is 17.0 Å². The van der Waals surface area contributed by atoms with Crippen LogP contribution < -0.4 is 0 Å². The summed E-state index contributed by atoms with van der Waals surface area (Å²) in [5.74, 6) is -0.0221. The van der Waals surface area contributed by atoms with Crippen LogP contribution in [0.3, 0.4) is 0 Å². The van der Waals surface area contributed by atoms with E-state index in [2.05, 4.69) is 0 Å². The quantitative estimate of drug-likeness (QED) is 0.882. The Kier molecular flexibility index (Phi) is 5.76. The molecule has 1 unspecified atom stereocenters. The molecule has 1 N–H and O–H groups in total. The molecule has 24 heavy (non-hydrogen) atoms. The normalized spacial score (nSPS) is 23.4. The van der Waals surface area contributed by atoms with E-state index in [1.165, 1.54) is 0 Å². The van der Waals surface area contributed by atoms with E-state index in [1.807, 2.05) is 12.1 Å². The van der Waals surface area contributed by atoms with Gasteiger partial charge in [0.05, 0.1) is 18.3 Å². The summed E-state index contributed by atoms with van der Waals surface area (Å²) < 4.78 is 11.0. The van der Waals surface area contributed by atoms with Gasteiger partial charge in [0, 0.05) is 24.7 Å². The molecule has 0 radical (unpaired) electrons. The van der Waals surface area contributed by atoms with Crippen LogP contribution >= 0.6 is 11.6 Å². The van der Waals surface area contributed by atoms with Crippen molar-refractivity contribution in [3.05, 3.63) is 34.9 Å². The molecule has 0 aromatic heterocycles. The fourth-order valence-electron chi connectivity index (χ4n) is 3.32. The molecule has 2 saturated heterocycles. The summed E-state index contributed by atoms with van der Waals surface area (Å²) in [6.45, 7) is 2.41. The molecule has 0 spiro atoms. The molecule has 0 bridgehead atoms. The molecule has 1 amide bonds. The summed E-state index contributed by atoms with van der Waals surface area (Å²) in [6.07, 6.45) is 3.25. The van der Waals surface area contributed by atoms with Crippen molar-refractivity contribution < 1.29 is 19.4 Å². The van der Waals surface area contributed by atoms with E-state index in [0.717, 1.165) is 25.0 Å². The van der Waals surface area contributed by atoms with E-state index in [0.29, 0.717) is 37.6 Å². The lowest BCUT2D eigenvalue weighted by Crippen LogP contribution is -2.46. The largest absolute Gasteiger partial charge is 0.385 e. The van der Waals surface area contributed by atoms with Gasteiger partial charge in [0.25, 0.3) is 0 Å². The second kappa shape index (κ2) is 7.83. The molecular weight excluding hydrogens is 330 g/mol. The molecule has 2 heterocycles. The topological polar surface area (TPSA) is 59.0 Å². The standard InChI is InChI=1S/C18H24ClNO4/c19-15-5-3-14(4-6-15)18(22)7-9-20(10-8-18)17(21)13-23-12-16-2-1-11-24-16/h3-6,16,22H,1-2,7-13H2. The molecule has 2 aliphatic heterocycles. The Bertz CT molecular complexity index is 549. The molecule has 1 aromatic carbocycles. The monoisotopic (exact) mass is 353 g/mol. The van der Waals surface area contributed by atoms with Gasteiger partial charge in [-0.2, -0.15) is 0 Å². The smallest absolute Gasteiger partial charge is 0.248 e. The van der Waals surface area contributed by atoms with E-state index >= 15 is 0 Å². The fourth-order valence-corrected chi connectivity index (χ4v) is 3.45. The van der Waals surface area contributed by atoms with Gasteiger partial charge in [-0.05, 0) is 43.4 Å². The van der Waals surface area contributed by atoms with Crippen LogP contribution in [0.2, 0.25) is 5.02 Å². The minimum atomic E-state index is -0.889. The SMILES string of the molecule is O=C(COCC1CCCO1)N1CCC(O)(c2ccc(Cl)cc2)CC1. The maximum absolute atomic E-state index is 12.2. The Hall–Kier alpha value is -1.14. The molecule has 132 valence electrons. The van der Waals surface area contributed by atoms with Gasteiger partial charge in [-0.25, -0.2) is 0 Å². The number of aliphatic hydroxyl groups is 1. The van der Waals surface area contributed by atoms with Crippen LogP contribution in [-0.4, -0.2) is 54.9 Å². The van der Waals surface area contributed by atoms with Crippen molar-refractivity contribution in [3.63, 3.8) is 0 Å². The van der Waals surface area contributed by atoms with Crippen LogP contribution in [0.5, 0.6) is 0 Å². The molecule has 0 saturated carbocycles. The molecular formula is C18H24ClNO4. The second-order valence-electron chi connectivity index (χ2n) is 6.57. The maximum atomic E-state index is 12.2. The second-order valence-corrected chi connectivity index (χ2v) is 7.01. The summed E-state index contributed by atoms with van der Waals surface area (Å²) in [7, 11) is 0. The molecule has 1 atom stereocenters. The Morgan fingerprint density at radius 2 is 2.04 bits per heavy atom. The third-order valence-corrected chi connectivity index (χ3v) is 5.13. The van der Waals surface area contributed by atoms with Crippen LogP contribution in [-0.2, 0) is 19.9 Å². The number of nitrogens with zero attached hydrogens (tertiary/aromatic N) is 1. The number of amides is 1. The first kappa shape index (κ1) is 17.7. The first-order valence-electron chi connectivity index (χ1n) is 8.52. The molecule has 3 rings (SSSR count). The van der Waals surface area contributed by atoms with Gasteiger partial charge in [0.15, 0.2) is 0 Å². The van der Waals surface area contributed by atoms with Crippen molar-refractivity contribution in [2.75, 3.05) is 32.9 Å². The highest BCUT2D eigenvalue weighted by molar-refractivity contribution is 6.30. The predicted octanol–water partition coefficient (Wildman–Crippen LogP) is 2.35. The molecule has 2 fully saturated rings. The van der Waals surface area contributed by atoms with Crippen molar-refractivity contribution in [3.8, 4) is 0 Å². The summed E-state index contributed by atoms with van der Waals surface area (Å²) in [4.78, 5) is 14.0. The van der Waals surface area contributed by atoms with Gasteiger partial charge in [0.2, 0.25) is 5.91 Å². The number of ether oxygens (including phenoxy) is 2. The highest BCUT2D eigenvalue weighted by atomic mass is 35.5. The van der Waals surface area contributed by atoms with Gasteiger partial charge >= 0.3 is 0 Å².